The van der Waals surface area contributed by atoms with Gasteiger partial charge in [-0.3, -0.25) is 9.10 Å². The van der Waals surface area contributed by atoms with E-state index in [-0.39, 0.29) is 18.9 Å². The van der Waals surface area contributed by atoms with Crippen molar-refractivity contribution < 1.29 is 17.9 Å². The highest BCUT2D eigenvalue weighted by Crippen LogP contribution is 2.36. The van der Waals surface area contributed by atoms with Gasteiger partial charge >= 0.3 is 0 Å². The first-order valence-corrected chi connectivity index (χ1v) is 11.6. The van der Waals surface area contributed by atoms with Gasteiger partial charge in [0.25, 0.3) is 5.91 Å². The number of sulfonamides is 1. The predicted molar refractivity (Wildman–Crippen MR) is 110 cm³/mol. The molecule has 1 aliphatic rings. The van der Waals surface area contributed by atoms with E-state index in [2.05, 4.69) is 5.32 Å². The number of carbonyl (C=O) groups excluding carboxylic acids is 1. The van der Waals surface area contributed by atoms with Gasteiger partial charge in [0, 0.05) is 28.6 Å². The highest BCUT2D eigenvalue weighted by Gasteiger charge is 2.31. The molecule has 144 valence electrons. The van der Waals surface area contributed by atoms with Crippen LogP contribution in [0.1, 0.15) is 6.42 Å². The van der Waals surface area contributed by atoms with Crippen LogP contribution in [0.5, 0.6) is 5.75 Å². The molecule has 1 aliphatic heterocycles. The third kappa shape index (κ3) is 4.69. The number of amides is 1. The second-order valence-electron chi connectivity index (χ2n) is 6.06. The van der Waals surface area contributed by atoms with Crippen molar-refractivity contribution in [3.63, 3.8) is 0 Å². The maximum Gasteiger partial charge on any atom is 0.265 e. The third-order valence-corrected chi connectivity index (χ3v) is 6.22. The summed E-state index contributed by atoms with van der Waals surface area (Å²) in [4.78, 5) is 13.7. The molecular weight excluding hydrogens is 408 g/mol. The Morgan fingerprint density at radius 2 is 2.07 bits per heavy atom. The highest BCUT2D eigenvalue weighted by atomic mass is 35.5. The van der Waals surface area contributed by atoms with E-state index in [0.29, 0.717) is 22.1 Å². The second kappa shape index (κ2) is 8.00. The van der Waals surface area contributed by atoms with Gasteiger partial charge in [-0.25, -0.2) is 8.42 Å². The number of ether oxygens (including phenoxy) is 1. The Morgan fingerprint density at radius 1 is 1.30 bits per heavy atom. The quantitative estimate of drug-likeness (QED) is 0.755. The minimum atomic E-state index is -3.54. The molecule has 0 aliphatic carbocycles. The number of hydrogen-bond donors (Lipinski definition) is 1. The summed E-state index contributed by atoms with van der Waals surface area (Å²) < 4.78 is 31.4. The normalized spacial score (nSPS) is 16.9. The van der Waals surface area contributed by atoms with E-state index in [1.54, 1.807) is 30.0 Å². The molecule has 0 fully saturated rings. The zero-order chi connectivity index (χ0) is 19.6. The summed E-state index contributed by atoms with van der Waals surface area (Å²) in [5, 5.41) is 3.23. The summed E-state index contributed by atoms with van der Waals surface area (Å²) in [6.45, 7) is 0.120. The molecule has 0 aromatic heterocycles. The van der Waals surface area contributed by atoms with Crippen molar-refractivity contribution in [3.05, 3.63) is 47.5 Å². The lowest BCUT2D eigenvalue weighted by molar-refractivity contribution is -0.122. The minimum absolute atomic E-state index is 0.120. The lowest BCUT2D eigenvalue weighted by atomic mass is 10.2. The topological polar surface area (TPSA) is 75.7 Å². The number of hydrogen-bond acceptors (Lipinski definition) is 5. The molecule has 9 heteroatoms. The van der Waals surface area contributed by atoms with Crippen molar-refractivity contribution in [2.24, 2.45) is 0 Å². The molecule has 27 heavy (non-hydrogen) atoms. The fraction of sp³-hybridized carbons (Fsp3) is 0.278. The Balaban J connectivity index is 1.86. The van der Waals surface area contributed by atoms with Crippen LogP contribution >= 0.6 is 23.4 Å². The monoisotopic (exact) mass is 426 g/mol. The van der Waals surface area contributed by atoms with E-state index in [9.17, 15) is 13.2 Å². The van der Waals surface area contributed by atoms with Crippen LogP contribution in [0.25, 0.3) is 0 Å². The molecule has 1 N–H and O–H groups in total. The van der Waals surface area contributed by atoms with E-state index >= 15 is 0 Å². The smallest absolute Gasteiger partial charge is 0.265 e. The Kier molecular flexibility index (Phi) is 5.88. The number of nitrogens with zero attached hydrogens (tertiary/aromatic N) is 1. The zero-order valence-electron chi connectivity index (χ0n) is 14.8. The fourth-order valence-electron chi connectivity index (χ4n) is 2.80. The number of fused-ring (bicyclic) bond motifs is 1. The summed E-state index contributed by atoms with van der Waals surface area (Å²) in [5.41, 5.74) is 1.00. The van der Waals surface area contributed by atoms with Gasteiger partial charge in [-0.2, -0.15) is 0 Å². The molecule has 6 nitrogen and oxygen atoms in total. The average molecular weight is 427 g/mol. The lowest BCUT2D eigenvalue weighted by Crippen LogP contribution is -2.35. The van der Waals surface area contributed by atoms with Crippen molar-refractivity contribution in [3.8, 4) is 5.75 Å². The second-order valence-corrected chi connectivity index (χ2v) is 9.29. The number of rotatable bonds is 4. The first kappa shape index (κ1) is 19.9. The largest absolute Gasteiger partial charge is 0.478 e. The summed E-state index contributed by atoms with van der Waals surface area (Å²) >= 11 is 7.60. The molecule has 0 saturated heterocycles. The van der Waals surface area contributed by atoms with Crippen LogP contribution in [0.2, 0.25) is 5.02 Å². The zero-order valence-corrected chi connectivity index (χ0v) is 17.2. The number of thioether (sulfide) groups is 1. The highest BCUT2D eigenvalue weighted by molar-refractivity contribution is 7.98. The van der Waals surface area contributed by atoms with Gasteiger partial charge in [0.1, 0.15) is 5.75 Å². The summed E-state index contributed by atoms with van der Waals surface area (Å²) in [6, 6.07) is 12.2. The van der Waals surface area contributed by atoms with E-state index < -0.39 is 16.1 Å². The van der Waals surface area contributed by atoms with Crippen LogP contribution < -0.4 is 14.4 Å². The summed E-state index contributed by atoms with van der Waals surface area (Å²) in [7, 11) is -3.54. The average Bonchev–Trinajstić information content (AvgIpc) is 2.81. The van der Waals surface area contributed by atoms with Crippen molar-refractivity contribution in [2.45, 2.75) is 17.4 Å². The number of nitrogens with one attached hydrogen (secondary N) is 1. The number of benzene rings is 2. The van der Waals surface area contributed by atoms with Crippen molar-refractivity contribution in [1.82, 2.24) is 0 Å². The number of carbonyl (C=O) groups is 1. The standard InChI is InChI=1S/C18H19ClN2O4S2/c1-26-14-5-3-4-13(11-14)20-18(22)17-8-9-21(27(2,23)24)15-10-12(19)6-7-16(15)25-17/h3-7,10-11,17H,8-9H2,1-2H3,(H,20,22). The van der Waals surface area contributed by atoms with E-state index in [1.165, 1.54) is 10.4 Å². The van der Waals surface area contributed by atoms with Gasteiger partial charge in [-0.15, -0.1) is 11.8 Å². The SMILES string of the molecule is CSc1cccc(NC(=O)C2CCN(S(C)(=O)=O)c3cc(Cl)ccc3O2)c1. The van der Waals surface area contributed by atoms with Crippen LogP contribution in [-0.2, 0) is 14.8 Å². The lowest BCUT2D eigenvalue weighted by Gasteiger charge is -2.21. The molecular formula is C18H19ClN2O4S2. The van der Waals surface area contributed by atoms with E-state index in [0.717, 1.165) is 11.2 Å². The maximum absolute atomic E-state index is 12.7. The molecule has 2 aromatic carbocycles. The van der Waals surface area contributed by atoms with Gasteiger partial charge in [0.2, 0.25) is 10.0 Å². The molecule has 2 aromatic rings. The van der Waals surface area contributed by atoms with Gasteiger partial charge in [0.05, 0.1) is 11.9 Å². The van der Waals surface area contributed by atoms with E-state index in [1.807, 2.05) is 24.5 Å². The van der Waals surface area contributed by atoms with Crippen LogP contribution in [-0.4, -0.2) is 39.5 Å². The van der Waals surface area contributed by atoms with E-state index in [4.69, 9.17) is 16.3 Å². The Labute approximate surface area is 167 Å². The third-order valence-electron chi connectivity index (χ3n) is 4.08. The molecule has 0 bridgehead atoms. The van der Waals surface area contributed by atoms with Gasteiger partial charge in [-0.1, -0.05) is 17.7 Å². The first-order valence-electron chi connectivity index (χ1n) is 8.17. The number of anilines is 2. The molecule has 1 heterocycles. The molecule has 0 spiro atoms. The fourth-order valence-corrected chi connectivity index (χ4v) is 4.37. The minimum Gasteiger partial charge on any atom is -0.478 e. The van der Waals surface area contributed by atoms with Crippen LogP contribution in [0.15, 0.2) is 47.4 Å². The van der Waals surface area contributed by atoms with Crippen LogP contribution in [0, 0.1) is 0 Å². The molecule has 0 radical (unpaired) electrons. The maximum atomic E-state index is 12.7. The summed E-state index contributed by atoms with van der Waals surface area (Å²) in [6.07, 6.45) is 2.46. The van der Waals surface area contributed by atoms with Crippen molar-refractivity contribution in [1.29, 1.82) is 0 Å². The van der Waals surface area contributed by atoms with Gasteiger partial charge < -0.3 is 10.1 Å². The Morgan fingerprint density at radius 3 is 2.78 bits per heavy atom. The Hall–Kier alpha value is -1.90. The molecule has 1 atom stereocenters. The van der Waals surface area contributed by atoms with Crippen molar-refractivity contribution >= 4 is 50.7 Å². The van der Waals surface area contributed by atoms with Gasteiger partial charge in [0.15, 0.2) is 6.10 Å². The molecule has 1 amide bonds. The molecule has 1 unspecified atom stereocenters. The molecule has 3 rings (SSSR count). The van der Waals surface area contributed by atoms with Crippen LogP contribution in [0.4, 0.5) is 11.4 Å². The predicted octanol–water partition coefficient (Wildman–Crippen LogP) is 3.62. The molecule has 0 saturated carbocycles. The number of halogens is 1. The van der Waals surface area contributed by atoms with Crippen molar-refractivity contribution in [2.75, 3.05) is 28.7 Å². The first-order chi connectivity index (χ1) is 12.8. The van der Waals surface area contributed by atoms with Gasteiger partial charge in [-0.05, 0) is 42.7 Å². The van der Waals surface area contributed by atoms with Crippen LogP contribution in [0.3, 0.4) is 0 Å². The summed E-state index contributed by atoms with van der Waals surface area (Å²) in [5.74, 6) is -0.0233. The Bertz CT molecular complexity index is 966.